The number of halogens is 1. The van der Waals surface area contributed by atoms with Gasteiger partial charge in [0.25, 0.3) is 0 Å². The molecule has 1 saturated carbocycles. The van der Waals surface area contributed by atoms with E-state index >= 15 is 4.39 Å². The molecule has 3 nitrogen and oxygen atoms in total. The van der Waals surface area contributed by atoms with E-state index in [0.717, 1.165) is 44.6 Å². The monoisotopic (exact) mass is 973 g/mol. The first-order chi connectivity index (χ1) is 27.7. The minimum atomic E-state index is -1.33. The van der Waals surface area contributed by atoms with Crippen molar-refractivity contribution in [1.82, 2.24) is 0 Å². The van der Waals surface area contributed by atoms with E-state index in [9.17, 15) is 0 Å². The van der Waals surface area contributed by atoms with Gasteiger partial charge in [0, 0.05) is 39.6 Å². The smallest absolute Gasteiger partial charge is 0.137 e. The van der Waals surface area contributed by atoms with Crippen molar-refractivity contribution in [3.05, 3.63) is 178 Å². The maximum absolute atomic E-state index is 15.5. The molecule has 0 unspecified atom stereocenters. The average Bonchev–Trinajstić information content (AvgIpc) is 3.88. The fourth-order valence-electron chi connectivity index (χ4n) is 8.86. The van der Waals surface area contributed by atoms with E-state index < -0.39 is 8.07 Å². The molecule has 1 aliphatic rings. The summed E-state index contributed by atoms with van der Waals surface area (Å²) in [6, 6.07) is 38.8. The van der Waals surface area contributed by atoms with Crippen LogP contribution < -0.4 is 14.3 Å². The Hall–Kier alpha value is -5.26. The molecule has 1 radical (unpaired) electrons. The summed E-state index contributed by atoms with van der Waals surface area (Å²) >= 11 is 0. The molecule has 3 heterocycles. The number of hydrogen-bond acceptors (Lipinski definition) is 1. The molecule has 1 aliphatic carbocycles. The van der Waals surface area contributed by atoms with Crippen LogP contribution in [0.1, 0.15) is 56.2 Å². The summed E-state index contributed by atoms with van der Waals surface area (Å²) in [7, 11) is 7.14. The molecule has 59 heavy (non-hydrogen) atoms. The molecule has 0 bridgehead atoms. The zero-order valence-electron chi connectivity index (χ0n) is 34.9. The molecule has 0 atom stereocenters. The van der Waals surface area contributed by atoms with Gasteiger partial charge in [-0.1, -0.05) is 141 Å². The van der Waals surface area contributed by atoms with Crippen molar-refractivity contribution < 1.29 is 38.0 Å². The number of nitrogens with zero attached hydrogens (tertiary/aromatic N) is 2. The fourth-order valence-corrected chi connectivity index (χ4v) is 9.99. The van der Waals surface area contributed by atoms with Crippen LogP contribution in [0.2, 0.25) is 19.6 Å². The molecule has 1 fully saturated rings. The first-order valence-corrected chi connectivity index (χ1v) is 23.9. The summed E-state index contributed by atoms with van der Waals surface area (Å²) in [5.41, 5.74) is 10.4. The van der Waals surface area contributed by atoms with Gasteiger partial charge in [0.2, 0.25) is 0 Å². The van der Waals surface area contributed by atoms with Gasteiger partial charge in [-0.2, -0.15) is 31.0 Å². The van der Waals surface area contributed by atoms with E-state index in [1.54, 1.807) is 6.07 Å². The SMILES string of the molecule is [CH2-]c1cc2oc3cc(-c4ccccc4)cc(F)c3c2cc1-c1cc(C(C)(C)C2CCCC2)cc[n+]1[CH2-].[CH2-]c1ccc2ccccc2c1-c1ccc([Si](C)(C)C)c[n+]1[CH2-].[Ir]. The van der Waals surface area contributed by atoms with Crippen molar-refractivity contribution in [2.24, 2.45) is 5.92 Å². The first-order valence-electron chi connectivity index (χ1n) is 20.4. The number of rotatable bonds is 6. The molecule has 0 aliphatic heterocycles. The van der Waals surface area contributed by atoms with E-state index in [-0.39, 0.29) is 31.3 Å². The molecule has 9 rings (SSSR count). The third-order valence-corrected chi connectivity index (χ3v) is 14.5. The summed E-state index contributed by atoms with van der Waals surface area (Å²) in [6.45, 7) is 20.3. The normalized spacial score (nSPS) is 13.4. The summed E-state index contributed by atoms with van der Waals surface area (Å²) < 4.78 is 25.5. The fraction of sp³-hybridized carbons (Fsp3) is 0.208. The van der Waals surface area contributed by atoms with E-state index in [0.29, 0.717) is 22.5 Å². The number of pyridine rings is 2. The van der Waals surface area contributed by atoms with Gasteiger partial charge in [-0.25, -0.2) is 4.39 Å². The van der Waals surface area contributed by atoms with Gasteiger partial charge in [-0.3, -0.25) is 0 Å². The van der Waals surface area contributed by atoms with E-state index in [2.05, 4.69) is 128 Å². The first kappa shape index (κ1) is 41.9. The van der Waals surface area contributed by atoms with Crippen LogP contribution in [-0.2, 0) is 25.5 Å². The van der Waals surface area contributed by atoms with E-state index in [4.69, 9.17) is 4.42 Å². The van der Waals surface area contributed by atoms with Crippen molar-refractivity contribution in [2.75, 3.05) is 0 Å². The van der Waals surface area contributed by atoms with Crippen molar-refractivity contribution in [1.29, 1.82) is 0 Å². The topological polar surface area (TPSA) is 20.9 Å². The van der Waals surface area contributed by atoms with Crippen LogP contribution in [0.3, 0.4) is 0 Å². The third kappa shape index (κ3) is 8.07. The molecule has 303 valence electrons. The summed E-state index contributed by atoms with van der Waals surface area (Å²) in [6.07, 6.45) is 9.40. The predicted octanol–water partition coefficient (Wildman–Crippen LogP) is 12.8. The number of furan rings is 1. The quantitative estimate of drug-likeness (QED) is 0.0924. The second-order valence-electron chi connectivity index (χ2n) is 17.6. The maximum Gasteiger partial charge on any atom is 0.137 e. The Morgan fingerprint density at radius 2 is 1.41 bits per heavy atom. The molecule has 8 aromatic rings. The maximum atomic E-state index is 15.5. The molecule has 0 amide bonds. The predicted molar refractivity (Wildman–Crippen MR) is 243 cm³/mol. The van der Waals surface area contributed by atoms with Gasteiger partial charge in [0.05, 0.1) is 42.8 Å². The Balaban J connectivity index is 0.000000198. The molecule has 3 aromatic heterocycles. The van der Waals surface area contributed by atoms with Gasteiger partial charge in [0.15, 0.2) is 0 Å². The molecular formula is C53H53FIrN2OSi-2. The Morgan fingerprint density at radius 3 is 2.12 bits per heavy atom. The Bertz CT molecular complexity index is 2810. The van der Waals surface area contributed by atoms with Crippen LogP contribution in [-0.4, -0.2) is 8.07 Å². The summed E-state index contributed by atoms with van der Waals surface area (Å²) in [5, 5.41) is 5.14. The largest absolute Gasteiger partial charge is 0.469 e. The zero-order chi connectivity index (χ0) is 40.9. The van der Waals surface area contributed by atoms with E-state index in [1.807, 2.05) is 63.9 Å². The average molecular weight is 973 g/mol. The Labute approximate surface area is 364 Å². The standard InChI is InChI=1S/C33H31FNO.C20H22NSi.Ir/c1-21-16-30-27(32-28(34)17-23(18-31(32)36-30)22-10-6-5-7-11-22)20-26(21)29-19-25(14-15-35(29)4)33(2,3)24-12-8-9-13-24;1-15-10-11-16-8-6-7-9-18(16)20(15)19-13-12-17(14-21(19)2)22(3,4)5;/h5-7,10-11,14-20,24H,1,4,8-9,12-13H2,2-3H3;6-14H,1-2H2,3-5H3;/q2*-1;. The molecule has 0 saturated heterocycles. The van der Waals surface area contributed by atoms with Crippen LogP contribution in [0.15, 0.2) is 132 Å². The number of hydrogen-bond donors (Lipinski definition) is 0. The second kappa shape index (κ2) is 16.4. The zero-order valence-corrected chi connectivity index (χ0v) is 38.3. The minimum Gasteiger partial charge on any atom is -0.469 e. The van der Waals surface area contributed by atoms with Crippen molar-refractivity contribution >= 4 is 46.0 Å². The molecular weight excluding hydrogens is 920 g/mol. The van der Waals surface area contributed by atoms with Crippen molar-refractivity contribution in [3.8, 4) is 33.6 Å². The number of fused-ring (bicyclic) bond motifs is 4. The van der Waals surface area contributed by atoms with Crippen LogP contribution >= 0.6 is 0 Å². The van der Waals surface area contributed by atoms with Crippen molar-refractivity contribution in [2.45, 2.75) is 64.6 Å². The molecule has 5 aromatic carbocycles. The summed E-state index contributed by atoms with van der Waals surface area (Å²) in [4.78, 5) is 0. The van der Waals surface area contributed by atoms with Crippen LogP contribution in [0, 0.1) is 39.7 Å². The van der Waals surface area contributed by atoms with Crippen LogP contribution in [0.25, 0.3) is 66.4 Å². The molecule has 0 N–H and O–H groups in total. The van der Waals surface area contributed by atoms with Crippen LogP contribution in [0.4, 0.5) is 4.39 Å². The van der Waals surface area contributed by atoms with Crippen molar-refractivity contribution in [3.63, 3.8) is 0 Å². The summed E-state index contributed by atoms with van der Waals surface area (Å²) in [5.74, 6) is 0.393. The minimum absolute atomic E-state index is 0. The van der Waals surface area contributed by atoms with Gasteiger partial charge in [-0.05, 0) is 52.8 Å². The third-order valence-electron chi connectivity index (χ3n) is 12.4. The number of benzene rings is 5. The van der Waals surface area contributed by atoms with Gasteiger partial charge in [-0.15, -0.1) is 29.3 Å². The molecule has 0 spiro atoms. The Morgan fingerprint density at radius 1 is 0.695 bits per heavy atom. The van der Waals surface area contributed by atoms with Gasteiger partial charge < -0.3 is 13.6 Å². The van der Waals surface area contributed by atoms with Crippen LogP contribution in [0.5, 0.6) is 0 Å². The molecule has 6 heteroatoms. The second-order valence-corrected chi connectivity index (χ2v) is 22.7. The van der Waals surface area contributed by atoms with E-state index in [1.165, 1.54) is 52.8 Å². The van der Waals surface area contributed by atoms with Gasteiger partial charge >= 0.3 is 0 Å². The van der Waals surface area contributed by atoms with Gasteiger partial charge in [0.1, 0.15) is 11.4 Å². The Kier molecular flexibility index (Phi) is 11.7. The number of aromatic nitrogens is 2.